The van der Waals surface area contributed by atoms with E-state index in [1.54, 1.807) is 6.92 Å². The number of hydrogen-bond acceptors (Lipinski definition) is 3. The molecular weight excluding hydrogens is 247 g/mol. The van der Waals surface area contributed by atoms with Crippen LogP contribution in [0.5, 0.6) is 0 Å². The monoisotopic (exact) mass is 253 g/mol. The molecule has 0 amide bonds. The molecule has 1 aromatic heterocycles. The van der Waals surface area contributed by atoms with Crippen molar-refractivity contribution < 1.29 is 22.7 Å². The van der Waals surface area contributed by atoms with Crippen molar-refractivity contribution in [2.24, 2.45) is 0 Å². The molecule has 1 rings (SSSR count). The first-order valence-corrected chi connectivity index (χ1v) is 4.65. The number of ether oxygens (including phenoxy) is 1. The first-order valence-electron chi connectivity index (χ1n) is 4.27. The van der Waals surface area contributed by atoms with Crippen molar-refractivity contribution in [2.75, 3.05) is 6.61 Å². The third-order valence-electron chi connectivity index (χ3n) is 1.60. The van der Waals surface area contributed by atoms with Crippen LogP contribution < -0.4 is 0 Å². The molecule has 0 bridgehead atoms. The molecule has 0 aromatic carbocycles. The summed E-state index contributed by atoms with van der Waals surface area (Å²) in [6.07, 6.45) is -4.69. The van der Waals surface area contributed by atoms with Crippen LogP contribution in [0.25, 0.3) is 0 Å². The molecule has 0 fully saturated rings. The number of alkyl halides is 3. The SMILES string of the molecule is CCOC(=O)c1ccc(Cl)c(C(F)(F)F)n1. The molecule has 0 aliphatic heterocycles. The van der Waals surface area contributed by atoms with E-state index in [-0.39, 0.29) is 6.61 Å². The second kappa shape index (κ2) is 4.69. The van der Waals surface area contributed by atoms with Gasteiger partial charge in [0, 0.05) is 0 Å². The van der Waals surface area contributed by atoms with Gasteiger partial charge in [0.05, 0.1) is 11.6 Å². The molecule has 0 atom stereocenters. The lowest BCUT2D eigenvalue weighted by molar-refractivity contribution is -0.141. The lowest BCUT2D eigenvalue weighted by atomic mass is 10.3. The zero-order valence-corrected chi connectivity index (χ0v) is 8.89. The summed E-state index contributed by atoms with van der Waals surface area (Å²) >= 11 is 5.33. The standard InChI is InChI=1S/C9H7ClF3NO2/c1-2-16-8(15)6-4-3-5(10)7(14-6)9(11,12)13/h3-4H,2H2,1H3. The van der Waals surface area contributed by atoms with Crippen molar-refractivity contribution in [2.45, 2.75) is 13.1 Å². The molecule has 1 aromatic rings. The van der Waals surface area contributed by atoms with E-state index in [0.29, 0.717) is 0 Å². The highest BCUT2D eigenvalue weighted by Gasteiger charge is 2.36. The Balaban J connectivity index is 3.13. The van der Waals surface area contributed by atoms with Gasteiger partial charge in [-0.15, -0.1) is 0 Å². The number of carbonyl (C=O) groups excluding carboxylic acids is 1. The highest BCUT2D eigenvalue weighted by molar-refractivity contribution is 6.31. The number of esters is 1. The molecule has 3 nitrogen and oxygen atoms in total. The van der Waals surface area contributed by atoms with Gasteiger partial charge in [-0.25, -0.2) is 9.78 Å². The van der Waals surface area contributed by atoms with Crippen LogP contribution in [0.3, 0.4) is 0 Å². The summed E-state index contributed by atoms with van der Waals surface area (Å²) in [5.41, 5.74) is -1.71. The fourth-order valence-electron chi connectivity index (χ4n) is 0.960. The van der Waals surface area contributed by atoms with Gasteiger partial charge in [0.25, 0.3) is 0 Å². The van der Waals surface area contributed by atoms with Gasteiger partial charge in [0.2, 0.25) is 0 Å². The molecule has 16 heavy (non-hydrogen) atoms. The summed E-state index contributed by atoms with van der Waals surface area (Å²) in [6.45, 7) is 1.60. The van der Waals surface area contributed by atoms with E-state index in [1.165, 1.54) is 0 Å². The molecule has 0 aliphatic carbocycles. The molecule has 0 unspecified atom stereocenters. The highest BCUT2D eigenvalue weighted by atomic mass is 35.5. The largest absolute Gasteiger partial charge is 0.461 e. The predicted molar refractivity (Wildman–Crippen MR) is 50.2 cm³/mol. The number of aromatic nitrogens is 1. The van der Waals surface area contributed by atoms with Gasteiger partial charge in [-0.1, -0.05) is 11.6 Å². The van der Waals surface area contributed by atoms with Crippen LogP contribution >= 0.6 is 11.6 Å². The molecule has 0 radical (unpaired) electrons. The van der Waals surface area contributed by atoms with Gasteiger partial charge in [-0.3, -0.25) is 0 Å². The Labute approximate surface area is 94.2 Å². The number of carbonyl (C=O) groups is 1. The Kier molecular flexibility index (Phi) is 3.74. The molecule has 0 saturated heterocycles. The van der Waals surface area contributed by atoms with Gasteiger partial charge >= 0.3 is 12.1 Å². The smallest absolute Gasteiger partial charge is 0.434 e. The number of nitrogens with zero attached hydrogens (tertiary/aromatic N) is 1. The van der Waals surface area contributed by atoms with Crippen molar-refractivity contribution in [3.05, 3.63) is 28.5 Å². The van der Waals surface area contributed by atoms with E-state index in [1.807, 2.05) is 0 Å². The van der Waals surface area contributed by atoms with Crippen LogP contribution in [-0.4, -0.2) is 17.6 Å². The molecule has 0 spiro atoms. The fraction of sp³-hybridized carbons (Fsp3) is 0.333. The Morgan fingerprint density at radius 2 is 2.12 bits per heavy atom. The Morgan fingerprint density at radius 3 is 2.62 bits per heavy atom. The maximum atomic E-state index is 12.4. The number of hydrogen-bond donors (Lipinski definition) is 0. The molecule has 88 valence electrons. The van der Waals surface area contributed by atoms with E-state index in [0.717, 1.165) is 12.1 Å². The normalized spacial score (nSPS) is 11.3. The minimum atomic E-state index is -4.69. The second-order valence-corrected chi connectivity index (χ2v) is 3.15. The summed E-state index contributed by atoms with van der Waals surface area (Å²) in [5, 5.41) is -0.555. The van der Waals surface area contributed by atoms with Crippen molar-refractivity contribution in [1.29, 1.82) is 0 Å². The first kappa shape index (κ1) is 12.8. The highest BCUT2D eigenvalue weighted by Crippen LogP contribution is 2.33. The Morgan fingerprint density at radius 1 is 1.50 bits per heavy atom. The zero-order valence-electron chi connectivity index (χ0n) is 8.14. The van der Waals surface area contributed by atoms with Gasteiger partial charge in [0.1, 0.15) is 5.69 Å². The van der Waals surface area contributed by atoms with Crippen LogP contribution in [0.15, 0.2) is 12.1 Å². The molecule has 7 heteroatoms. The molecule has 1 heterocycles. The van der Waals surface area contributed by atoms with Crippen molar-refractivity contribution in [3.8, 4) is 0 Å². The minimum absolute atomic E-state index is 0.0600. The fourth-order valence-corrected chi connectivity index (χ4v) is 1.17. The van der Waals surface area contributed by atoms with E-state index in [2.05, 4.69) is 9.72 Å². The van der Waals surface area contributed by atoms with E-state index < -0.39 is 28.6 Å². The molecular formula is C9H7ClF3NO2. The summed E-state index contributed by atoms with van der Waals surface area (Å²) in [5.74, 6) is -0.912. The van der Waals surface area contributed by atoms with E-state index >= 15 is 0 Å². The first-order chi connectivity index (χ1) is 7.36. The second-order valence-electron chi connectivity index (χ2n) is 2.75. The zero-order chi connectivity index (χ0) is 12.3. The Bertz CT molecular complexity index is 406. The van der Waals surface area contributed by atoms with Crippen LogP contribution in [0, 0.1) is 0 Å². The maximum Gasteiger partial charge on any atom is 0.434 e. The van der Waals surface area contributed by atoms with E-state index in [4.69, 9.17) is 11.6 Å². The van der Waals surface area contributed by atoms with Crippen LogP contribution in [0.1, 0.15) is 23.1 Å². The third kappa shape index (κ3) is 2.85. The van der Waals surface area contributed by atoms with Gasteiger partial charge in [-0.05, 0) is 19.1 Å². The lowest BCUT2D eigenvalue weighted by Crippen LogP contribution is -2.14. The topological polar surface area (TPSA) is 39.2 Å². The van der Waals surface area contributed by atoms with Gasteiger partial charge in [0.15, 0.2) is 5.69 Å². The number of rotatable bonds is 2. The third-order valence-corrected chi connectivity index (χ3v) is 1.90. The number of pyridine rings is 1. The molecule has 0 N–H and O–H groups in total. The summed E-state index contributed by atoms with van der Waals surface area (Å²) < 4.78 is 41.7. The quantitative estimate of drug-likeness (QED) is 0.761. The van der Waals surface area contributed by atoms with Crippen LogP contribution in [0.4, 0.5) is 13.2 Å². The van der Waals surface area contributed by atoms with Gasteiger partial charge in [-0.2, -0.15) is 13.2 Å². The van der Waals surface area contributed by atoms with Crippen LogP contribution in [0.2, 0.25) is 5.02 Å². The number of halogens is 4. The predicted octanol–water partition coefficient (Wildman–Crippen LogP) is 2.93. The van der Waals surface area contributed by atoms with Crippen molar-refractivity contribution in [1.82, 2.24) is 4.98 Å². The summed E-state index contributed by atoms with van der Waals surface area (Å²) in [6, 6.07) is 2.04. The van der Waals surface area contributed by atoms with Crippen molar-refractivity contribution >= 4 is 17.6 Å². The molecule has 0 aliphatic rings. The summed E-state index contributed by atoms with van der Waals surface area (Å²) in [7, 11) is 0. The van der Waals surface area contributed by atoms with Crippen molar-refractivity contribution in [3.63, 3.8) is 0 Å². The minimum Gasteiger partial charge on any atom is -0.461 e. The lowest BCUT2D eigenvalue weighted by Gasteiger charge is -2.09. The molecule has 0 saturated carbocycles. The summed E-state index contributed by atoms with van der Waals surface area (Å²) in [4.78, 5) is 14.3. The van der Waals surface area contributed by atoms with Gasteiger partial charge < -0.3 is 4.74 Å². The maximum absolute atomic E-state index is 12.4. The average Bonchev–Trinajstić information content (AvgIpc) is 2.16. The average molecular weight is 254 g/mol. The van der Waals surface area contributed by atoms with Crippen LogP contribution in [-0.2, 0) is 10.9 Å². The Hall–Kier alpha value is -1.30. The van der Waals surface area contributed by atoms with E-state index in [9.17, 15) is 18.0 Å².